The van der Waals surface area contributed by atoms with Gasteiger partial charge in [-0.3, -0.25) is 14.9 Å². The molecule has 144 valence electrons. The number of hydrogen-bond acceptors (Lipinski definition) is 8. The summed E-state index contributed by atoms with van der Waals surface area (Å²) in [4.78, 5) is 25.2. The summed E-state index contributed by atoms with van der Waals surface area (Å²) in [6.45, 7) is 6.81. The summed E-state index contributed by atoms with van der Waals surface area (Å²) in [5.41, 5.74) is 0.244. The van der Waals surface area contributed by atoms with Crippen LogP contribution in [0.15, 0.2) is 21.9 Å². The van der Waals surface area contributed by atoms with Crippen molar-refractivity contribution in [3.05, 3.63) is 33.9 Å². The Balaban J connectivity index is 1.57. The van der Waals surface area contributed by atoms with Crippen LogP contribution in [0.4, 0.5) is 5.69 Å². The van der Waals surface area contributed by atoms with Gasteiger partial charge in [-0.1, -0.05) is 6.92 Å². The van der Waals surface area contributed by atoms with Crippen molar-refractivity contribution in [3.8, 4) is 5.75 Å². The van der Waals surface area contributed by atoms with E-state index in [4.69, 9.17) is 9.15 Å². The Morgan fingerprint density at radius 3 is 2.44 bits per heavy atom. The molecule has 3 unspecified atom stereocenters. The zero-order valence-electron chi connectivity index (χ0n) is 15.4. The van der Waals surface area contributed by atoms with Crippen molar-refractivity contribution in [1.82, 2.24) is 5.32 Å². The summed E-state index contributed by atoms with van der Waals surface area (Å²) in [6.07, 6.45) is 0. The Labute approximate surface area is 160 Å². The van der Waals surface area contributed by atoms with E-state index in [-0.39, 0.29) is 17.2 Å². The van der Waals surface area contributed by atoms with Crippen LogP contribution in [0.2, 0.25) is 0 Å². The second kappa shape index (κ2) is 6.47. The quantitative estimate of drug-likeness (QED) is 0.651. The first kappa shape index (κ1) is 18.2. The molecule has 1 saturated carbocycles. The molecule has 0 bridgehead atoms. The minimum atomic E-state index is -0.722. The highest BCUT2D eigenvalue weighted by atomic mass is 32.1. The van der Waals surface area contributed by atoms with Gasteiger partial charge in [-0.2, -0.15) is 0 Å². The first-order valence-electron chi connectivity index (χ1n) is 8.82. The monoisotopic (exact) mass is 390 g/mol. The van der Waals surface area contributed by atoms with Crippen molar-refractivity contribution in [2.45, 2.75) is 38.9 Å². The Bertz CT molecular complexity index is 898. The first-order chi connectivity index (χ1) is 12.8. The van der Waals surface area contributed by atoms with E-state index in [2.05, 4.69) is 17.6 Å². The van der Waals surface area contributed by atoms with Crippen LogP contribution < -0.4 is 10.6 Å². The molecule has 2 fully saturated rings. The van der Waals surface area contributed by atoms with Gasteiger partial charge in [-0.05, 0) is 26.0 Å². The van der Waals surface area contributed by atoms with Gasteiger partial charge in [0.1, 0.15) is 23.6 Å². The number of ketones is 2. The molecule has 0 amide bonds. The third-order valence-corrected chi connectivity index (χ3v) is 6.25. The molecule has 3 heterocycles. The van der Waals surface area contributed by atoms with Crippen molar-refractivity contribution in [2.24, 2.45) is 5.41 Å². The molecule has 27 heavy (non-hydrogen) atoms. The minimum Gasteiger partial charge on any atom is -0.505 e. The van der Waals surface area contributed by atoms with Crippen LogP contribution >= 0.6 is 11.3 Å². The van der Waals surface area contributed by atoms with Crippen LogP contribution in [0.5, 0.6) is 5.75 Å². The van der Waals surface area contributed by atoms with Crippen molar-refractivity contribution in [1.29, 1.82) is 0 Å². The normalized spacial score (nSPS) is 25.0. The number of thiophene rings is 1. The van der Waals surface area contributed by atoms with E-state index in [0.29, 0.717) is 18.9 Å². The number of rotatable bonds is 6. The first-order valence-corrected chi connectivity index (χ1v) is 9.70. The average molecular weight is 390 g/mol. The van der Waals surface area contributed by atoms with E-state index in [9.17, 15) is 14.7 Å². The van der Waals surface area contributed by atoms with Gasteiger partial charge in [0.15, 0.2) is 5.75 Å². The Morgan fingerprint density at radius 2 is 1.93 bits per heavy atom. The van der Waals surface area contributed by atoms with E-state index in [1.165, 1.54) is 11.3 Å². The lowest BCUT2D eigenvalue weighted by atomic mass is 9.76. The molecule has 8 heteroatoms. The topological polar surface area (TPSA) is 101 Å². The van der Waals surface area contributed by atoms with Gasteiger partial charge in [-0.25, -0.2) is 0 Å². The molecule has 3 N–H and O–H groups in total. The molecule has 4 rings (SSSR count). The molecule has 2 aliphatic rings. The Kier molecular flexibility index (Phi) is 4.37. The number of aryl methyl sites for hydroxylation is 2. The number of ether oxygens (including phenoxy) is 1. The molecule has 1 saturated heterocycles. The smallest absolute Gasteiger partial charge is 0.224 e. The van der Waals surface area contributed by atoms with E-state index in [0.717, 1.165) is 16.4 Å². The summed E-state index contributed by atoms with van der Waals surface area (Å²) in [7, 11) is 0. The van der Waals surface area contributed by atoms with Crippen LogP contribution in [0.3, 0.4) is 0 Å². The molecular formula is C19H22N2O5S. The maximum atomic E-state index is 12.3. The number of anilines is 1. The highest BCUT2D eigenvalue weighted by molar-refractivity contribution is 7.10. The fourth-order valence-electron chi connectivity index (χ4n) is 3.56. The van der Waals surface area contributed by atoms with E-state index < -0.39 is 23.7 Å². The van der Waals surface area contributed by atoms with Crippen molar-refractivity contribution < 1.29 is 23.8 Å². The lowest BCUT2D eigenvalue weighted by molar-refractivity contribution is -0.150. The highest BCUT2D eigenvalue weighted by Crippen LogP contribution is 2.42. The Morgan fingerprint density at radius 1 is 1.22 bits per heavy atom. The van der Waals surface area contributed by atoms with Crippen molar-refractivity contribution in [3.63, 3.8) is 0 Å². The number of hydrogen-bond donors (Lipinski definition) is 3. The van der Waals surface area contributed by atoms with E-state index in [1.807, 2.05) is 19.1 Å². The number of carbonyl (C=O) groups is 2. The van der Waals surface area contributed by atoms with Crippen molar-refractivity contribution in [2.75, 3.05) is 18.5 Å². The zero-order chi connectivity index (χ0) is 19.3. The van der Waals surface area contributed by atoms with Crippen LogP contribution in [-0.4, -0.2) is 42.0 Å². The van der Waals surface area contributed by atoms with Gasteiger partial charge in [0.2, 0.25) is 11.6 Å². The number of nitrogens with one attached hydrogen (secondary N) is 2. The lowest BCUT2D eigenvalue weighted by Crippen LogP contribution is -2.69. The fourth-order valence-corrected chi connectivity index (χ4v) is 4.25. The highest BCUT2D eigenvalue weighted by Gasteiger charge is 2.53. The van der Waals surface area contributed by atoms with Crippen LogP contribution in [0, 0.1) is 19.3 Å². The summed E-state index contributed by atoms with van der Waals surface area (Å²) in [5, 5.41) is 18.2. The number of aromatic hydroxyl groups is 1. The third-order valence-electron chi connectivity index (χ3n) is 5.35. The van der Waals surface area contributed by atoms with Gasteiger partial charge in [0.25, 0.3) is 0 Å². The third kappa shape index (κ3) is 2.97. The molecule has 0 radical (unpaired) electrons. The van der Waals surface area contributed by atoms with Gasteiger partial charge < -0.3 is 19.6 Å². The van der Waals surface area contributed by atoms with Crippen LogP contribution in [0.1, 0.15) is 29.4 Å². The molecule has 1 aliphatic heterocycles. The summed E-state index contributed by atoms with van der Waals surface area (Å²) in [5.74, 6) is 0.670. The number of furan rings is 1. The summed E-state index contributed by atoms with van der Waals surface area (Å²) < 4.78 is 11.2. The molecular weight excluding hydrogens is 368 g/mol. The largest absolute Gasteiger partial charge is 0.505 e. The van der Waals surface area contributed by atoms with Crippen LogP contribution in [-0.2, 0) is 14.3 Å². The average Bonchev–Trinajstić information content (AvgIpc) is 3.18. The molecule has 3 atom stereocenters. The number of Topliss-reactive ketones (excluding diaryl/α,β-unsaturated/α-hetero) is 2. The Hall–Kier alpha value is -2.16. The molecule has 0 spiro atoms. The molecule has 1 aliphatic carbocycles. The molecule has 0 aromatic carbocycles. The standard InChI is InChI=1S/C19H22N2O5S/c1-9-4-5-12(26-9)18(19(3)7-25-8-19)21-14-13(16(23)17(14)24)20-11-6-27-10(2)15(11)22/h4-6,13-14,18,20-22H,7-8H2,1-3H3. The maximum Gasteiger partial charge on any atom is 0.224 e. The lowest BCUT2D eigenvalue weighted by Gasteiger charge is -2.47. The van der Waals surface area contributed by atoms with E-state index >= 15 is 0 Å². The second-order valence-corrected chi connectivity index (χ2v) is 8.66. The van der Waals surface area contributed by atoms with Gasteiger partial charge >= 0.3 is 0 Å². The zero-order valence-corrected chi connectivity index (χ0v) is 16.2. The van der Waals surface area contributed by atoms with Crippen LogP contribution in [0.25, 0.3) is 0 Å². The van der Waals surface area contributed by atoms with Crippen molar-refractivity contribution >= 4 is 28.6 Å². The minimum absolute atomic E-state index is 0.114. The molecule has 2 aromatic rings. The number of carbonyl (C=O) groups excluding carboxylic acids is 2. The predicted molar refractivity (Wildman–Crippen MR) is 100 cm³/mol. The second-order valence-electron chi connectivity index (χ2n) is 7.58. The van der Waals surface area contributed by atoms with Gasteiger partial charge in [0, 0.05) is 15.7 Å². The van der Waals surface area contributed by atoms with Gasteiger partial charge in [-0.15, -0.1) is 11.3 Å². The SMILES string of the molecule is Cc1ccc(C(NC2C(=O)C(=O)C2Nc2csc(C)c2O)C2(C)COC2)o1. The van der Waals surface area contributed by atoms with Gasteiger partial charge in [0.05, 0.1) is 24.9 Å². The predicted octanol–water partition coefficient (Wildman–Crippen LogP) is 2.33. The molecule has 2 aromatic heterocycles. The summed E-state index contributed by atoms with van der Waals surface area (Å²) in [6, 6.07) is 2.09. The fraction of sp³-hybridized carbons (Fsp3) is 0.474. The molecule has 7 nitrogen and oxygen atoms in total. The van der Waals surface area contributed by atoms with E-state index in [1.54, 1.807) is 12.3 Å². The summed E-state index contributed by atoms with van der Waals surface area (Å²) >= 11 is 1.38. The maximum absolute atomic E-state index is 12.3.